The first kappa shape index (κ1) is 17.5. The number of hydrogen-bond acceptors (Lipinski definition) is 2. The summed E-state index contributed by atoms with van der Waals surface area (Å²) in [5.41, 5.74) is 2.41. The minimum absolute atomic E-state index is 0.164. The number of hydrogen-bond donors (Lipinski definition) is 2. The average Bonchev–Trinajstić information content (AvgIpc) is 2.85. The Labute approximate surface area is 153 Å². The van der Waals surface area contributed by atoms with Gasteiger partial charge in [-0.1, -0.05) is 29.3 Å². The molecule has 0 aliphatic rings. The molecule has 0 spiro atoms. The molecule has 4 nitrogen and oxygen atoms in total. The number of rotatable bonds is 4. The van der Waals surface area contributed by atoms with Crippen LogP contribution >= 0.6 is 23.2 Å². The van der Waals surface area contributed by atoms with Crippen molar-refractivity contribution in [3.8, 4) is 0 Å². The first-order chi connectivity index (χ1) is 11.9. The van der Waals surface area contributed by atoms with Crippen molar-refractivity contribution in [1.82, 2.24) is 9.88 Å². The van der Waals surface area contributed by atoms with E-state index in [1.165, 1.54) is 12.1 Å². The van der Waals surface area contributed by atoms with Gasteiger partial charge in [-0.05, 0) is 42.3 Å². The number of nitrogens with zero attached hydrogens (tertiary/aromatic N) is 1. The molecule has 25 heavy (non-hydrogen) atoms. The topological polar surface area (TPSA) is 57.9 Å². The number of aryl methyl sites for hydroxylation is 1. The standard InChI is InChI=1S/C18H14Cl2FN3O/c1-10-7-24(8-11-2-3-12(19)4-16(11)20)17-14(10)5-13(21)6-15(17)18(25)23-9-22/h2-7,9H,8H2,1H3,(H2,22,23,25). The minimum atomic E-state index is -0.541. The van der Waals surface area contributed by atoms with Crippen LogP contribution in [-0.4, -0.2) is 16.8 Å². The van der Waals surface area contributed by atoms with Crippen LogP contribution in [0.25, 0.3) is 10.9 Å². The third-order valence-corrected chi connectivity index (χ3v) is 4.53. The van der Waals surface area contributed by atoms with Crippen molar-refractivity contribution in [3.63, 3.8) is 0 Å². The highest BCUT2D eigenvalue weighted by Crippen LogP contribution is 2.29. The molecule has 0 saturated heterocycles. The molecule has 0 atom stereocenters. The summed E-state index contributed by atoms with van der Waals surface area (Å²) in [4.78, 5) is 12.3. The van der Waals surface area contributed by atoms with Gasteiger partial charge >= 0.3 is 0 Å². The van der Waals surface area contributed by atoms with Crippen molar-refractivity contribution in [2.24, 2.45) is 0 Å². The molecule has 2 N–H and O–H groups in total. The molecule has 0 radical (unpaired) electrons. The zero-order chi connectivity index (χ0) is 18.1. The third-order valence-electron chi connectivity index (χ3n) is 3.94. The molecule has 0 saturated carbocycles. The van der Waals surface area contributed by atoms with E-state index >= 15 is 0 Å². The molecule has 3 aromatic rings. The van der Waals surface area contributed by atoms with Gasteiger partial charge in [-0.3, -0.25) is 10.2 Å². The highest BCUT2D eigenvalue weighted by molar-refractivity contribution is 6.35. The smallest absolute Gasteiger partial charge is 0.258 e. The zero-order valence-electron chi connectivity index (χ0n) is 13.2. The van der Waals surface area contributed by atoms with Crippen molar-refractivity contribution < 1.29 is 9.18 Å². The quantitative estimate of drug-likeness (QED) is 0.498. The van der Waals surface area contributed by atoms with Gasteiger partial charge in [0, 0.05) is 28.2 Å². The van der Waals surface area contributed by atoms with E-state index in [4.69, 9.17) is 28.6 Å². The zero-order valence-corrected chi connectivity index (χ0v) is 14.7. The maximum Gasteiger partial charge on any atom is 0.258 e. The molecular weight excluding hydrogens is 364 g/mol. The van der Waals surface area contributed by atoms with Crippen molar-refractivity contribution in [2.75, 3.05) is 0 Å². The lowest BCUT2D eigenvalue weighted by Crippen LogP contribution is -2.22. The fourth-order valence-corrected chi connectivity index (χ4v) is 3.32. The van der Waals surface area contributed by atoms with Crippen LogP contribution in [0.15, 0.2) is 36.5 Å². The minimum Gasteiger partial charge on any atom is -0.342 e. The maximum absolute atomic E-state index is 13.9. The second-order valence-corrected chi connectivity index (χ2v) is 6.49. The van der Waals surface area contributed by atoms with E-state index in [0.29, 0.717) is 27.5 Å². The number of amides is 1. The van der Waals surface area contributed by atoms with Crippen LogP contribution in [0.1, 0.15) is 21.5 Å². The van der Waals surface area contributed by atoms with Crippen LogP contribution in [0.3, 0.4) is 0 Å². The maximum atomic E-state index is 13.9. The number of carbonyl (C=O) groups excluding carboxylic acids is 1. The second kappa shape index (κ2) is 6.86. The number of halogens is 3. The van der Waals surface area contributed by atoms with Gasteiger partial charge in [0.05, 0.1) is 17.4 Å². The molecule has 1 aromatic heterocycles. The summed E-state index contributed by atoms with van der Waals surface area (Å²) < 4.78 is 15.8. The Morgan fingerprint density at radius 3 is 2.76 bits per heavy atom. The largest absolute Gasteiger partial charge is 0.342 e. The number of carbonyl (C=O) groups is 1. The summed E-state index contributed by atoms with van der Waals surface area (Å²) in [5, 5.41) is 11.0. The molecule has 0 aliphatic heterocycles. The fraction of sp³-hybridized carbons (Fsp3) is 0.111. The van der Waals surface area contributed by atoms with E-state index in [9.17, 15) is 9.18 Å². The Morgan fingerprint density at radius 1 is 1.32 bits per heavy atom. The fourth-order valence-electron chi connectivity index (χ4n) is 2.85. The van der Waals surface area contributed by atoms with Gasteiger partial charge in [0.25, 0.3) is 5.91 Å². The lowest BCUT2D eigenvalue weighted by atomic mass is 10.1. The lowest BCUT2D eigenvalue weighted by Gasteiger charge is -2.11. The van der Waals surface area contributed by atoms with E-state index in [1.54, 1.807) is 12.1 Å². The predicted molar refractivity (Wildman–Crippen MR) is 98.4 cm³/mol. The molecular formula is C18H14Cl2FN3O. The van der Waals surface area contributed by atoms with Crippen LogP contribution < -0.4 is 5.32 Å². The predicted octanol–water partition coefficient (Wildman–Crippen LogP) is 4.78. The van der Waals surface area contributed by atoms with Crippen LogP contribution in [0.4, 0.5) is 4.39 Å². The first-order valence-electron chi connectivity index (χ1n) is 7.43. The molecule has 7 heteroatoms. The van der Waals surface area contributed by atoms with E-state index in [-0.39, 0.29) is 5.56 Å². The molecule has 0 fully saturated rings. The van der Waals surface area contributed by atoms with Crippen LogP contribution in [-0.2, 0) is 6.54 Å². The van der Waals surface area contributed by atoms with Gasteiger partial charge in [-0.15, -0.1) is 0 Å². The molecule has 1 amide bonds. The van der Waals surface area contributed by atoms with E-state index < -0.39 is 11.7 Å². The van der Waals surface area contributed by atoms with Crippen LogP contribution in [0.5, 0.6) is 0 Å². The monoisotopic (exact) mass is 377 g/mol. The van der Waals surface area contributed by atoms with Crippen LogP contribution in [0.2, 0.25) is 10.0 Å². The highest BCUT2D eigenvalue weighted by Gasteiger charge is 2.18. The van der Waals surface area contributed by atoms with Gasteiger partial charge in [-0.25, -0.2) is 4.39 Å². The van der Waals surface area contributed by atoms with Crippen molar-refractivity contribution in [2.45, 2.75) is 13.5 Å². The van der Waals surface area contributed by atoms with E-state index in [0.717, 1.165) is 17.5 Å². The number of fused-ring (bicyclic) bond motifs is 1. The molecule has 1 heterocycles. The molecule has 0 bridgehead atoms. The Bertz CT molecular complexity index is 998. The number of nitrogens with one attached hydrogen (secondary N) is 2. The number of benzene rings is 2. The van der Waals surface area contributed by atoms with Crippen molar-refractivity contribution >= 4 is 46.4 Å². The van der Waals surface area contributed by atoms with Gasteiger partial charge in [0.1, 0.15) is 5.82 Å². The van der Waals surface area contributed by atoms with Gasteiger partial charge in [0.15, 0.2) is 0 Å². The van der Waals surface area contributed by atoms with Crippen molar-refractivity contribution in [3.05, 3.63) is 69.1 Å². The van der Waals surface area contributed by atoms with E-state index in [1.807, 2.05) is 23.8 Å². The van der Waals surface area contributed by atoms with Gasteiger partial charge < -0.3 is 9.88 Å². The molecule has 0 unspecified atom stereocenters. The first-order valence-corrected chi connectivity index (χ1v) is 8.19. The second-order valence-electron chi connectivity index (χ2n) is 5.64. The Balaban J connectivity index is 2.18. The van der Waals surface area contributed by atoms with Gasteiger partial charge in [0.2, 0.25) is 0 Å². The lowest BCUT2D eigenvalue weighted by molar-refractivity contribution is 0.0979. The molecule has 3 rings (SSSR count). The Morgan fingerprint density at radius 2 is 2.08 bits per heavy atom. The highest BCUT2D eigenvalue weighted by atomic mass is 35.5. The molecule has 0 aliphatic carbocycles. The third kappa shape index (κ3) is 3.38. The number of aromatic nitrogens is 1. The summed E-state index contributed by atoms with van der Waals surface area (Å²) in [6.45, 7) is 2.25. The normalized spacial score (nSPS) is 10.9. The Kier molecular flexibility index (Phi) is 4.79. The average molecular weight is 378 g/mol. The SMILES string of the molecule is Cc1cn(Cc2ccc(Cl)cc2Cl)c2c(C(=O)NC=N)cc(F)cc12. The molecule has 2 aromatic carbocycles. The van der Waals surface area contributed by atoms with Crippen LogP contribution in [0, 0.1) is 18.2 Å². The molecule has 128 valence electrons. The van der Waals surface area contributed by atoms with Gasteiger partial charge in [-0.2, -0.15) is 0 Å². The summed E-state index contributed by atoms with van der Waals surface area (Å²) in [6, 6.07) is 7.77. The summed E-state index contributed by atoms with van der Waals surface area (Å²) in [5.74, 6) is -1.05. The van der Waals surface area contributed by atoms with Crippen molar-refractivity contribution in [1.29, 1.82) is 5.41 Å². The summed E-state index contributed by atoms with van der Waals surface area (Å²) in [7, 11) is 0. The van der Waals surface area contributed by atoms with E-state index in [2.05, 4.69) is 5.32 Å². The summed E-state index contributed by atoms with van der Waals surface area (Å²) in [6.07, 6.45) is 2.62. The Hall–Kier alpha value is -2.37. The summed E-state index contributed by atoms with van der Waals surface area (Å²) >= 11 is 12.2.